The van der Waals surface area contributed by atoms with Crippen molar-refractivity contribution in [3.8, 4) is 0 Å². The molecule has 0 bridgehead atoms. The molecule has 1 fully saturated rings. The molecule has 0 radical (unpaired) electrons. The minimum absolute atomic E-state index is 0.338. The zero-order valence-electron chi connectivity index (χ0n) is 17.2. The van der Waals surface area contributed by atoms with Crippen molar-refractivity contribution in [1.82, 2.24) is 4.31 Å². The van der Waals surface area contributed by atoms with Crippen molar-refractivity contribution in [2.75, 3.05) is 13.1 Å². The van der Waals surface area contributed by atoms with E-state index < -0.39 is 21.8 Å². The molecule has 1 saturated heterocycles. The van der Waals surface area contributed by atoms with Crippen LogP contribution in [-0.4, -0.2) is 25.8 Å². The van der Waals surface area contributed by atoms with E-state index in [1.54, 1.807) is 16.4 Å². The summed E-state index contributed by atoms with van der Waals surface area (Å²) in [6, 6.07) is 12.5. The van der Waals surface area contributed by atoms with Crippen molar-refractivity contribution in [1.29, 1.82) is 0 Å². The maximum atomic E-state index is 12.9. The highest BCUT2D eigenvalue weighted by Crippen LogP contribution is 2.30. The van der Waals surface area contributed by atoms with Crippen LogP contribution in [0.3, 0.4) is 0 Å². The number of sulfonamides is 1. The van der Waals surface area contributed by atoms with Gasteiger partial charge in [-0.1, -0.05) is 37.6 Å². The Morgan fingerprint density at radius 3 is 1.97 bits per heavy atom. The van der Waals surface area contributed by atoms with E-state index in [-0.39, 0.29) is 0 Å². The number of piperidine rings is 1. The summed E-state index contributed by atoms with van der Waals surface area (Å²) in [5.41, 5.74) is 1.39. The zero-order chi connectivity index (χ0) is 21.8. The summed E-state index contributed by atoms with van der Waals surface area (Å²) in [6.07, 6.45) is 0.741. The quantitative estimate of drug-likeness (QED) is 0.556. The van der Waals surface area contributed by atoms with E-state index in [0.29, 0.717) is 30.3 Å². The molecule has 0 aliphatic carbocycles. The van der Waals surface area contributed by atoms with Gasteiger partial charge < -0.3 is 0 Å². The molecular formula is C23H28F3NO2S. The summed E-state index contributed by atoms with van der Waals surface area (Å²) in [4.78, 5) is 0.338. The maximum absolute atomic E-state index is 12.9. The molecule has 7 heteroatoms. The Morgan fingerprint density at radius 2 is 1.43 bits per heavy atom. The van der Waals surface area contributed by atoms with Crippen LogP contribution < -0.4 is 0 Å². The smallest absolute Gasteiger partial charge is 0.207 e. The number of hydrogen-bond donors (Lipinski definition) is 0. The monoisotopic (exact) mass is 439 g/mol. The molecule has 0 amide bonds. The molecule has 1 heterocycles. The number of halogens is 3. The molecule has 3 nitrogen and oxygen atoms in total. The second-order valence-corrected chi connectivity index (χ2v) is 9.91. The Bertz CT molecular complexity index is 914. The second kappa shape index (κ2) is 9.52. The van der Waals surface area contributed by atoms with Crippen molar-refractivity contribution in [2.24, 2.45) is 5.92 Å². The highest BCUT2D eigenvalue weighted by molar-refractivity contribution is 7.89. The topological polar surface area (TPSA) is 37.4 Å². The van der Waals surface area contributed by atoms with Gasteiger partial charge in [-0.15, -0.1) is 0 Å². The Balaban J connectivity index is 1.51. The molecule has 0 N–H and O–H groups in total. The van der Waals surface area contributed by atoms with Crippen LogP contribution in [0.4, 0.5) is 13.2 Å². The van der Waals surface area contributed by atoms with Gasteiger partial charge >= 0.3 is 6.18 Å². The first-order chi connectivity index (χ1) is 14.2. The van der Waals surface area contributed by atoms with Gasteiger partial charge in [0.05, 0.1) is 10.5 Å². The SMILES string of the molecule is CCCc1ccc(S(=O)(=O)N2CCC(CCc3ccc(C(F)(F)F)cc3)CC2)cc1. The molecule has 2 aromatic carbocycles. The molecule has 0 spiro atoms. The van der Waals surface area contributed by atoms with E-state index in [1.807, 2.05) is 12.1 Å². The van der Waals surface area contributed by atoms with Crippen molar-refractivity contribution in [3.05, 3.63) is 65.2 Å². The molecule has 164 valence electrons. The van der Waals surface area contributed by atoms with Crippen LogP contribution in [0.5, 0.6) is 0 Å². The lowest BCUT2D eigenvalue weighted by molar-refractivity contribution is -0.137. The van der Waals surface area contributed by atoms with Crippen molar-refractivity contribution in [2.45, 2.75) is 56.5 Å². The van der Waals surface area contributed by atoms with Crippen LogP contribution in [0, 0.1) is 5.92 Å². The minimum Gasteiger partial charge on any atom is -0.207 e. The maximum Gasteiger partial charge on any atom is 0.416 e. The first-order valence-electron chi connectivity index (χ1n) is 10.5. The average molecular weight is 440 g/mol. The molecule has 2 aromatic rings. The van der Waals surface area contributed by atoms with E-state index >= 15 is 0 Å². The standard InChI is InChI=1S/C23H28F3NO2S/c1-2-3-18-8-12-22(13-9-18)30(28,29)27-16-14-20(15-17-27)5-4-19-6-10-21(11-7-19)23(24,25)26/h6-13,20H,2-5,14-17H2,1H3. The van der Waals surface area contributed by atoms with Gasteiger partial charge in [0.1, 0.15) is 0 Å². The molecule has 30 heavy (non-hydrogen) atoms. The summed E-state index contributed by atoms with van der Waals surface area (Å²) < 4.78 is 65.3. The van der Waals surface area contributed by atoms with Gasteiger partial charge in [-0.05, 0) is 73.4 Å². The summed E-state index contributed by atoms with van der Waals surface area (Å²) in [5, 5.41) is 0. The number of aryl methyl sites for hydroxylation is 2. The Morgan fingerprint density at radius 1 is 0.900 bits per heavy atom. The van der Waals surface area contributed by atoms with Crippen LogP contribution in [-0.2, 0) is 29.0 Å². The van der Waals surface area contributed by atoms with Crippen molar-refractivity contribution < 1.29 is 21.6 Å². The van der Waals surface area contributed by atoms with E-state index in [1.165, 1.54) is 12.1 Å². The average Bonchev–Trinajstić information content (AvgIpc) is 2.73. The van der Waals surface area contributed by atoms with Gasteiger partial charge in [-0.3, -0.25) is 0 Å². The Labute approximate surface area is 177 Å². The van der Waals surface area contributed by atoms with Crippen molar-refractivity contribution in [3.63, 3.8) is 0 Å². The summed E-state index contributed by atoms with van der Waals surface area (Å²) in [5.74, 6) is 0.380. The van der Waals surface area contributed by atoms with E-state index in [9.17, 15) is 21.6 Å². The lowest BCUT2D eigenvalue weighted by atomic mass is 9.91. The van der Waals surface area contributed by atoms with Gasteiger partial charge in [0.25, 0.3) is 0 Å². The number of rotatable bonds is 7. The summed E-state index contributed by atoms with van der Waals surface area (Å²) in [7, 11) is -3.48. The molecule has 0 unspecified atom stereocenters. The summed E-state index contributed by atoms with van der Waals surface area (Å²) >= 11 is 0. The summed E-state index contributed by atoms with van der Waals surface area (Å²) in [6.45, 7) is 3.06. The number of nitrogens with zero attached hydrogens (tertiary/aromatic N) is 1. The highest BCUT2D eigenvalue weighted by Gasteiger charge is 2.31. The first kappa shape index (κ1) is 22.8. The fourth-order valence-corrected chi connectivity index (χ4v) is 5.41. The van der Waals surface area contributed by atoms with E-state index in [0.717, 1.165) is 55.4 Å². The van der Waals surface area contributed by atoms with Gasteiger partial charge in [-0.25, -0.2) is 8.42 Å². The molecule has 0 aromatic heterocycles. The minimum atomic E-state index is -4.31. The third-order valence-electron chi connectivity index (χ3n) is 5.80. The fourth-order valence-electron chi connectivity index (χ4n) is 3.94. The molecule has 0 saturated carbocycles. The Kier molecular flexibility index (Phi) is 7.24. The zero-order valence-corrected chi connectivity index (χ0v) is 18.0. The van der Waals surface area contributed by atoms with Gasteiger partial charge in [0.2, 0.25) is 10.0 Å². The van der Waals surface area contributed by atoms with E-state index in [4.69, 9.17) is 0 Å². The molecule has 1 aliphatic heterocycles. The highest BCUT2D eigenvalue weighted by atomic mass is 32.2. The third-order valence-corrected chi connectivity index (χ3v) is 7.71. The van der Waals surface area contributed by atoms with Crippen LogP contribution in [0.2, 0.25) is 0 Å². The molecule has 0 atom stereocenters. The molecule has 3 rings (SSSR count). The third kappa shape index (κ3) is 5.64. The van der Waals surface area contributed by atoms with Gasteiger partial charge in [-0.2, -0.15) is 17.5 Å². The van der Waals surface area contributed by atoms with Crippen LogP contribution >= 0.6 is 0 Å². The largest absolute Gasteiger partial charge is 0.416 e. The normalized spacial score (nSPS) is 16.7. The number of benzene rings is 2. The molecule has 1 aliphatic rings. The van der Waals surface area contributed by atoms with Crippen molar-refractivity contribution >= 4 is 10.0 Å². The van der Waals surface area contributed by atoms with Crippen LogP contribution in [0.25, 0.3) is 0 Å². The Hall–Kier alpha value is -1.86. The predicted octanol–water partition coefficient (Wildman–Crippen LogP) is 5.69. The van der Waals surface area contributed by atoms with Gasteiger partial charge in [0.15, 0.2) is 0 Å². The first-order valence-corrected chi connectivity index (χ1v) is 11.9. The second-order valence-electron chi connectivity index (χ2n) is 7.97. The lowest BCUT2D eigenvalue weighted by Gasteiger charge is -2.31. The van der Waals surface area contributed by atoms with E-state index in [2.05, 4.69) is 6.92 Å². The number of alkyl halides is 3. The predicted molar refractivity (Wildman–Crippen MR) is 112 cm³/mol. The molecular weight excluding hydrogens is 411 g/mol. The van der Waals surface area contributed by atoms with Gasteiger partial charge in [0, 0.05) is 13.1 Å². The van der Waals surface area contributed by atoms with Crippen LogP contribution in [0.15, 0.2) is 53.4 Å². The lowest BCUT2D eigenvalue weighted by Crippen LogP contribution is -2.38. The fraction of sp³-hybridized carbons (Fsp3) is 0.478. The van der Waals surface area contributed by atoms with Crippen LogP contribution in [0.1, 0.15) is 49.3 Å². The number of hydrogen-bond acceptors (Lipinski definition) is 2.